The second-order valence-electron chi connectivity index (χ2n) is 9.27. The van der Waals surface area contributed by atoms with E-state index in [1.165, 1.54) is 0 Å². The number of carbonyl (C=O) groups is 2. The molecule has 8 heteroatoms. The number of methoxy groups -OCH3 is 1. The number of ether oxygens (including phenoxy) is 1. The highest BCUT2D eigenvalue weighted by Crippen LogP contribution is 2.27. The normalized spacial score (nSPS) is 15.2. The molecular weight excluding hydrogens is 406 g/mol. The Morgan fingerprint density at radius 3 is 2.31 bits per heavy atom. The van der Waals surface area contributed by atoms with Gasteiger partial charge in [-0.15, -0.1) is 0 Å². The highest BCUT2D eigenvalue weighted by Gasteiger charge is 2.29. The van der Waals surface area contributed by atoms with E-state index >= 15 is 0 Å². The number of piperidine rings is 1. The average Bonchev–Trinajstić information content (AvgIpc) is 3.23. The van der Waals surface area contributed by atoms with Crippen LogP contribution in [0.1, 0.15) is 49.8 Å². The highest BCUT2D eigenvalue weighted by atomic mass is 16.5. The molecule has 2 N–H and O–H groups in total. The van der Waals surface area contributed by atoms with Gasteiger partial charge in [0.1, 0.15) is 11.4 Å². The zero-order valence-corrected chi connectivity index (χ0v) is 19.0. The van der Waals surface area contributed by atoms with Gasteiger partial charge < -0.3 is 15.4 Å². The Labute approximate surface area is 187 Å². The first kappa shape index (κ1) is 21.8. The van der Waals surface area contributed by atoms with Crippen molar-refractivity contribution < 1.29 is 14.3 Å². The largest absolute Gasteiger partial charge is 0.497 e. The van der Waals surface area contributed by atoms with E-state index in [0.29, 0.717) is 43.0 Å². The molecule has 168 valence electrons. The third kappa shape index (κ3) is 4.17. The van der Waals surface area contributed by atoms with Crippen LogP contribution in [0.2, 0.25) is 0 Å². The SMILES string of the molecule is COc1ccc(-c2cc(C(=O)N3CCC(C(N)=O)CC3)n3nc(C(C)(C)C)cc3n2)cc1. The number of carbonyl (C=O) groups excluding carboxylic acids is 2. The fourth-order valence-corrected chi connectivity index (χ4v) is 3.93. The lowest BCUT2D eigenvalue weighted by molar-refractivity contribution is -0.123. The third-order valence-electron chi connectivity index (χ3n) is 5.99. The van der Waals surface area contributed by atoms with E-state index < -0.39 is 0 Å². The Morgan fingerprint density at radius 2 is 1.75 bits per heavy atom. The van der Waals surface area contributed by atoms with Gasteiger partial charge in [-0.2, -0.15) is 5.10 Å². The number of primary amides is 1. The van der Waals surface area contributed by atoms with Crippen LogP contribution in [0.15, 0.2) is 36.4 Å². The summed E-state index contributed by atoms with van der Waals surface area (Å²) in [4.78, 5) is 31.6. The summed E-state index contributed by atoms with van der Waals surface area (Å²) >= 11 is 0. The van der Waals surface area contributed by atoms with Gasteiger partial charge in [0.2, 0.25) is 5.91 Å². The molecule has 0 saturated carbocycles. The van der Waals surface area contributed by atoms with Gasteiger partial charge in [0.25, 0.3) is 5.91 Å². The van der Waals surface area contributed by atoms with Crippen molar-refractivity contribution in [2.45, 2.75) is 39.0 Å². The number of hydrogen-bond donors (Lipinski definition) is 1. The van der Waals surface area contributed by atoms with Gasteiger partial charge in [0, 0.05) is 36.1 Å². The number of fused-ring (bicyclic) bond motifs is 1. The smallest absolute Gasteiger partial charge is 0.272 e. The lowest BCUT2D eigenvalue weighted by Gasteiger charge is -2.30. The van der Waals surface area contributed by atoms with Crippen molar-refractivity contribution in [3.8, 4) is 17.0 Å². The lowest BCUT2D eigenvalue weighted by atomic mass is 9.93. The lowest BCUT2D eigenvalue weighted by Crippen LogP contribution is -2.42. The maximum atomic E-state index is 13.5. The summed E-state index contributed by atoms with van der Waals surface area (Å²) in [6.45, 7) is 7.21. The molecular formula is C24H29N5O3. The first-order valence-electron chi connectivity index (χ1n) is 10.8. The predicted octanol–water partition coefficient (Wildman–Crippen LogP) is 3.04. The summed E-state index contributed by atoms with van der Waals surface area (Å²) < 4.78 is 6.89. The maximum Gasteiger partial charge on any atom is 0.272 e. The van der Waals surface area contributed by atoms with Crippen molar-refractivity contribution in [3.63, 3.8) is 0 Å². The zero-order chi connectivity index (χ0) is 23.0. The van der Waals surface area contributed by atoms with E-state index in [9.17, 15) is 9.59 Å². The number of nitrogens with two attached hydrogens (primary N) is 1. The van der Waals surface area contributed by atoms with Gasteiger partial charge in [-0.25, -0.2) is 9.50 Å². The Kier molecular flexibility index (Phi) is 5.62. The van der Waals surface area contributed by atoms with Crippen LogP contribution in [0, 0.1) is 5.92 Å². The van der Waals surface area contributed by atoms with E-state index in [1.807, 2.05) is 30.3 Å². The van der Waals surface area contributed by atoms with Gasteiger partial charge >= 0.3 is 0 Å². The number of hydrogen-bond acceptors (Lipinski definition) is 5. The van der Waals surface area contributed by atoms with Gasteiger partial charge in [-0.05, 0) is 43.2 Å². The minimum Gasteiger partial charge on any atom is -0.497 e. The number of benzene rings is 1. The molecule has 32 heavy (non-hydrogen) atoms. The van der Waals surface area contributed by atoms with Crippen LogP contribution < -0.4 is 10.5 Å². The molecule has 8 nitrogen and oxygen atoms in total. The van der Waals surface area contributed by atoms with Gasteiger partial charge in [-0.3, -0.25) is 9.59 Å². The fraction of sp³-hybridized carbons (Fsp3) is 0.417. The molecule has 0 atom stereocenters. The number of rotatable bonds is 4. The van der Waals surface area contributed by atoms with Crippen molar-refractivity contribution in [1.82, 2.24) is 19.5 Å². The molecule has 3 aromatic rings. The Morgan fingerprint density at radius 1 is 1.09 bits per heavy atom. The Balaban J connectivity index is 1.77. The second kappa shape index (κ2) is 8.26. The first-order chi connectivity index (χ1) is 15.2. The van der Waals surface area contributed by atoms with E-state index in [1.54, 1.807) is 22.6 Å². The maximum absolute atomic E-state index is 13.5. The molecule has 2 amide bonds. The summed E-state index contributed by atoms with van der Waals surface area (Å²) in [5.41, 5.74) is 8.77. The quantitative estimate of drug-likeness (QED) is 0.679. The number of likely N-dealkylation sites (tertiary alicyclic amines) is 1. The van der Waals surface area contributed by atoms with Crippen LogP contribution in [0.3, 0.4) is 0 Å². The molecule has 0 aliphatic carbocycles. The molecule has 3 heterocycles. The summed E-state index contributed by atoms with van der Waals surface area (Å²) in [5, 5.41) is 4.72. The molecule has 1 aromatic carbocycles. The summed E-state index contributed by atoms with van der Waals surface area (Å²) in [6.07, 6.45) is 1.15. The first-order valence-corrected chi connectivity index (χ1v) is 10.8. The topological polar surface area (TPSA) is 103 Å². The van der Waals surface area contributed by atoms with Crippen molar-refractivity contribution >= 4 is 17.5 Å². The van der Waals surface area contributed by atoms with Crippen LogP contribution in [-0.4, -0.2) is 51.5 Å². The summed E-state index contributed by atoms with van der Waals surface area (Å²) in [5.74, 6) is 0.150. The monoisotopic (exact) mass is 435 g/mol. The van der Waals surface area contributed by atoms with Crippen molar-refractivity contribution in [3.05, 3.63) is 47.8 Å². The van der Waals surface area contributed by atoms with Crippen molar-refractivity contribution in [1.29, 1.82) is 0 Å². The molecule has 2 aromatic heterocycles. The minimum atomic E-state index is -0.299. The van der Waals surface area contributed by atoms with Crippen molar-refractivity contribution in [2.75, 3.05) is 20.2 Å². The predicted molar refractivity (Wildman–Crippen MR) is 121 cm³/mol. The zero-order valence-electron chi connectivity index (χ0n) is 19.0. The average molecular weight is 436 g/mol. The Bertz CT molecular complexity index is 1150. The summed E-state index contributed by atoms with van der Waals surface area (Å²) in [6, 6.07) is 11.3. The molecule has 1 aliphatic heterocycles. The van der Waals surface area contributed by atoms with E-state index in [-0.39, 0.29) is 23.1 Å². The fourth-order valence-electron chi connectivity index (χ4n) is 3.93. The molecule has 0 spiro atoms. The summed E-state index contributed by atoms with van der Waals surface area (Å²) in [7, 11) is 1.62. The van der Waals surface area contributed by atoms with E-state index in [0.717, 1.165) is 17.0 Å². The molecule has 0 bridgehead atoms. The standard InChI is InChI=1S/C24H29N5O3/c1-24(2,3)20-14-21-26-18(15-5-7-17(32-4)8-6-15)13-19(29(21)27-20)23(31)28-11-9-16(10-12-28)22(25)30/h5-8,13-14,16H,9-12H2,1-4H3,(H2,25,30). The molecule has 1 saturated heterocycles. The minimum absolute atomic E-state index is 0.126. The number of aromatic nitrogens is 3. The highest BCUT2D eigenvalue weighted by molar-refractivity contribution is 5.94. The molecule has 1 aliphatic rings. The van der Waals surface area contributed by atoms with Crippen LogP contribution in [-0.2, 0) is 10.2 Å². The van der Waals surface area contributed by atoms with Crippen molar-refractivity contribution in [2.24, 2.45) is 11.7 Å². The van der Waals surface area contributed by atoms with Gasteiger partial charge in [0.05, 0.1) is 18.5 Å². The molecule has 1 fully saturated rings. The van der Waals surface area contributed by atoms with E-state index in [2.05, 4.69) is 20.8 Å². The van der Waals surface area contributed by atoms with E-state index in [4.69, 9.17) is 20.6 Å². The second-order valence-corrected chi connectivity index (χ2v) is 9.27. The van der Waals surface area contributed by atoms with Crippen LogP contribution in [0.4, 0.5) is 0 Å². The van der Waals surface area contributed by atoms with Gasteiger partial charge in [0.15, 0.2) is 5.65 Å². The molecule has 0 unspecified atom stereocenters. The van der Waals surface area contributed by atoms with Crippen LogP contribution >= 0.6 is 0 Å². The van der Waals surface area contributed by atoms with Crippen LogP contribution in [0.25, 0.3) is 16.9 Å². The molecule has 0 radical (unpaired) electrons. The molecule has 4 rings (SSSR count). The Hall–Kier alpha value is -3.42. The number of amides is 2. The number of nitrogens with zero attached hydrogens (tertiary/aromatic N) is 4. The third-order valence-corrected chi connectivity index (χ3v) is 5.99. The van der Waals surface area contributed by atoms with Crippen LogP contribution in [0.5, 0.6) is 5.75 Å². The van der Waals surface area contributed by atoms with Gasteiger partial charge in [-0.1, -0.05) is 20.8 Å².